The molecule has 4 atom stereocenters. The number of rotatable bonds is 14. The van der Waals surface area contributed by atoms with Crippen LogP contribution in [0.2, 0.25) is 0 Å². The Morgan fingerprint density at radius 3 is 2.12 bits per heavy atom. The van der Waals surface area contributed by atoms with Crippen LogP contribution in [0, 0.1) is 29.6 Å². The molecule has 4 saturated carbocycles. The quantitative estimate of drug-likeness (QED) is 0.125. The van der Waals surface area contributed by atoms with Crippen molar-refractivity contribution in [1.82, 2.24) is 20.9 Å². The van der Waals surface area contributed by atoms with Gasteiger partial charge >= 0.3 is 12.0 Å². The number of urea groups is 1. The molecule has 1 unspecified atom stereocenters. The van der Waals surface area contributed by atoms with Gasteiger partial charge in [0.1, 0.15) is 17.6 Å². The van der Waals surface area contributed by atoms with Crippen LogP contribution in [-0.2, 0) is 28.7 Å². The predicted molar refractivity (Wildman–Crippen MR) is 176 cm³/mol. The lowest BCUT2D eigenvalue weighted by atomic mass is 9.81. The average Bonchev–Trinajstić information content (AvgIpc) is 3.99. The van der Waals surface area contributed by atoms with Crippen LogP contribution < -0.4 is 21.7 Å². The highest BCUT2D eigenvalue weighted by atomic mass is 16.5. The van der Waals surface area contributed by atoms with Crippen molar-refractivity contribution < 1.29 is 33.5 Å². The highest BCUT2D eigenvalue weighted by Crippen LogP contribution is 2.53. The van der Waals surface area contributed by atoms with E-state index in [0.29, 0.717) is 31.8 Å². The number of carbonyl (C=O) groups is 6. The zero-order chi connectivity index (χ0) is 34.2. The predicted octanol–water partition coefficient (Wildman–Crippen LogP) is 3.02. The fourth-order valence-corrected chi connectivity index (χ4v) is 8.48. The number of nitrogens with one attached hydrogen (secondary N) is 3. The number of Topliss-reactive ketones (excluding diaryl/α,β-unsaturated/α-hetero) is 1. The van der Waals surface area contributed by atoms with Crippen molar-refractivity contribution in [3.8, 4) is 0 Å². The highest BCUT2D eigenvalue weighted by molar-refractivity contribution is 6.37. The van der Waals surface area contributed by atoms with Crippen LogP contribution in [0.3, 0.4) is 0 Å². The molecule has 0 bridgehead atoms. The molecule has 5 fully saturated rings. The van der Waals surface area contributed by atoms with E-state index >= 15 is 0 Å². The van der Waals surface area contributed by atoms with Gasteiger partial charge in [-0.05, 0) is 74.2 Å². The van der Waals surface area contributed by atoms with E-state index in [9.17, 15) is 28.8 Å². The summed E-state index contributed by atoms with van der Waals surface area (Å²) in [5.74, 6) is -2.66. The first-order valence-electron chi connectivity index (χ1n) is 18.4. The van der Waals surface area contributed by atoms with E-state index in [-0.39, 0.29) is 36.1 Å². The molecule has 5 aliphatic carbocycles. The Hall–Kier alpha value is -3.44. The number of hydrogen-bond acceptors (Lipinski definition) is 7. The molecule has 12 heteroatoms. The minimum atomic E-state index is -1.13. The van der Waals surface area contributed by atoms with Gasteiger partial charge in [-0.25, -0.2) is 9.59 Å². The van der Waals surface area contributed by atoms with Crippen LogP contribution >= 0.6 is 0 Å². The van der Waals surface area contributed by atoms with E-state index in [2.05, 4.69) is 29.8 Å². The maximum absolute atomic E-state index is 14.6. The van der Waals surface area contributed by atoms with Gasteiger partial charge in [0.15, 0.2) is 0 Å². The molecule has 0 aromatic heterocycles. The fraction of sp³-hybridized carbons (Fsp3) is 0.778. The summed E-state index contributed by atoms with van der Waals surface area (Å²) >= 11 is 0. The van der Waals surface area contributed by atoms with Gasteiger partial charge in [-0.2, -0.15) is 0 Å². The number of fused-ring (bicyclic) bond motifs is 1. The molecule has 5 amide bonds. The van der Waals surface area contributed by atoms with Gasteiger partial charge in [0.05, 0.1) is 12.6 Å². The largest absolute Gasteiger partial charge is 0.464 e. The van der Waals surface area contributed by atoms with Crippen LogP contribution in [0.25, 0.3) is 0 Å². The second-order valence-electron chi connectivity index (χ2n) is 15.7. The smallest absolute Gasteiger partial charge is 0.331 e. The molecule has 6 aliphatic rings. The Morgan fingerprint density at radius 2 is 1.52 bits per heavy atom. The number of amides is 5. The summed E-state index contributed by atoms with van der Waals surface area (Å²) in [5.41, 5.74) is 6.40. The summed E-state index contributed by atoms with van der Waals surface area (Å²) in [4.78, 5) is 81.9. The minimum Gasteiger partial charge on any atom is -0.464 e. The Morgan fingerprint density at radius 1 is 0.875 bits per heavy atom. The van der Waals surface area contributed by atoms with Crippen molar-refractivity contribution >= 4 is 35.5 Å². The van der Waals surface area contributed by atoms with E-state index in [0.717, 1.165) is 88.2 Å². The normalized spacial score (nSPS) is 26.3. The zero-order valence-corrected chi connectivity index (χ0v) is 28.5. The molecule has 0 aromatic carbocycles. The summed E-state index contributed by atoms with van der Waals surface area (Å²) in [6, 6.07) is -3.38. The maximum atomic E-state index is 14.6. The molecule has 12 nitrogen and oxygen atoms in total. The molecule has 264 valence electrons. The van der Waals surface area contributed by atoms with Crippen molar-refractivity contribution in [3.63, 3.8) is 0 Å². The number of primary amides is 1. The van der Waals surface area contributed by atoms with Crippen LogP contribution in [-0.4, -0.2) is 77.2 Å². The lowest BCUT2D eigenvalue weighted by Gasteiger charge is -2.38. The second kappa shape index (κ2) is 14.2. The first kappa shape index (κ1) is 34.4. The number of nitrogens with two attached hydrogens (primary N) is 1. The number of likely N-dealkylation sites (tertiary alicyclic amines) is 1. The van der Waals surface area contributed by atoms with E-state index in [1.54, 1.807) is 4.90 Å². The molecular formula is C36H53N5O7. The lowest BCUT2D eigenvalue weighted by molar-refractivity contribution is -0.153. The summed E-state index contributed by atoms with van der Waals surface area (Å²) in [7, 11) is 0. The lowest BCUT2D eigenvalue weighted by Crippen LogP contribution is -2.63. The third-order valence-corrected chi connectivity index (χ3v) is 11.6. The molecule has 6 rings (SSSR count). The number of ketones is 1. The fourth-order valence-electron chi connectivity index (χ4n) is 8.48. The minimum absolute atomic E-state index is 0.126. The number of ether oxygens (including phenoxy) is 1. The molecule has 48 heavy (non-hydrogen) atoms. The standard InChI is InChI=1S/C36H53N5O7/c1-20(2)26-24-18-41(29(27(24)26)32(44)38-25(17-21-11-12-21)30(42)31(37)43)33(45)28(23-9-5-3-6-10-23)39-35(47)40-36(15-7-4-8-16-36)34(46)48-19-22-13-14-22/h20-23,25,27-29H,3-19H2,1-2H3,(H2,37,43)(H,38,44)(H2,39,40,47)/t25?,27-,28+,29+/m1/s1. The summed E-state index contributed by atoms with van der Waals surface area (Å²) in [6.07, 6.45) is 12.3. The van der Waals surface area contributed by atoms with Gasteiger partial charge in [-0.15, -0.1) is 0 Å². The summed E-state index contributed by atoms with van der Waals surface area (Å²) in [5, 5.41) is 8.77. The van der Waals surface area contributed by atoms with Gasteiger partial charge < -0.3 is 31.3 Å². The monoisotopic (exact) mass is 667 g/mol. The van der Waals surface area contributed by atoms with Crippen molar-refractivity contribution in [2.45, 2.75) is 134 Å². The first-order chi connectivity index (χ1) is 23.0. The number of nitrogens with zero attached hydrogens (tertiary/aromatic N) is 1. The van der Waals surface area contributed by atoms with Crippen LogP contribution in [0.1, 0.15) is 110 Å². The Bertz CT molecular complexity index is 1340. The van der Waals surface area contributed by atoms with Crippen molar-refractivity contribution in [3.05, 3.63) is 11.1 Å². The second-order valence-corrected chi connectivity index (χ2v) is 15.7. The zero-order valence-electron chi connectivity index (χ0n) is 28.5. The Kier molecular flexibility index (Phi) is 10.2. The van der Waals surface area contributed by atoms with Gasteiger partial charge in [0.25, 0.3) is 5.91 Å². The number of esters is 1. The van der Waals surface area contributed by atoms with E-state index < -0.39 is 53.3 Å². The molecule has 1 aliphatic heterocycles. The summed E-state index contributed by atoms with van der Waals surface area (Å²) < 4.78 is 5.68. The Balaban J connectivity index is 1.21. The van der Waals surface area contributed by atoms with Crippen LogP contribution in [0.4, 0.5) is 4.79 Å². The molecular weight excluding hydrogens is 614 g/mol. The first-order valence-corrected chi connectivity index (χ1v) is 18.4. The molecule has 0 radical (unpaired) electrons. The van der Waals surface area contributed by atoms with Crippen molar-refractivity contribution in [2.75, 3.05) is 13.2 Å². The average molecular weight is 668 g/mol. The Labute approximate surface area is 283 Å². The van der Waals surface area contributed by atoms with Crippen molar-refractivity contribution in [1.29, 1.82) is 0 Å². The number of hydrogen-bond donors (Lipinski definition) is 4. The molecule has 1 heterocycles. The topological polar surface area (TPSA) is 177 Å². The number of carbonyl (C=O) groups excluding carboxylic acids is 6. The third kappa shape index (κ3) is 7.57. The highest BCUT2D eigenvalue weighted by Gasteiger charge is 2.58. The third-order valence-electron chi connectivity index (χ3n) is 11.6. The van der Waals surface area contributed by atoms with Crippen LogP contribution in [0.15, 0.2) is 11.1 Å². The SMILES string of the molecule is CC(C)C1=C2CN(C(=O)[C@@H](NC(=O)NC3(C(=O)OCC4CC4)CCCCC3)C3CCCCC3)[C@H](C(=O)NC(CC3CC3)C(=O)C(N)=O)[C@H]21. The van der Waals surface area contributed by atoms with Gasteiger partial charge in [0, 0.05) is 12.5 Å². The summed E-state index contributed by atoms with van der Waals surface area (Å²) in [6.45, 7) is 4.76. The molecule has 0 spiro atoms. The molecule has 0 aromatic rings. The van der Waals surface area contributed by atoms with E-state index in [1.165, 1.54) is 0 Å². The molecule has 1 saturated heterocycles. The van der Waals surface area contributed by atoms with Gasteiger partial charge in [0.2, 0.25) is 17.6 Å². The van der Waals surface area contributed by atoms with Crippen LogP contribution in [0.5, 0.6) is 0 Å². The van der Waals surface area contributed by atoms with E-state index in [1.807, 2.05) is 0 Å². The molecule has 5 N–H and O–H groups in total. The van der Waals surface area contributed by atoms with Gasteiger partial charge in [-0.1, -0.05) is 70.8 Å². The van der Waals surface area contributed by atoms with Crippen molar-refractivity contribution in [2.24, 2.45) is 35.3 Å². The van der Waals surface area contributed by atoms with E-state index in [4.69, 9.17) is 10.5 Å². The van der Waals surface area contributed by atoms with Gasteiger partial charge in [-0.3, -0.25) is 19.2 Å². The maximum Gasteiger partial charge on any atom is 0.331 e.